The lowest BCUT2D eigenvalue weighted by atomic mass is 10.00. The molecule has 0 radical (unpaired) electrons. The Balaban J connectivity index is 4.92. The molecule has 0 unspecified atom stereocenters. The summed E-state index contributed by atoms with van der Waals surface area (Å²) in [6.07, 6.45) is -6.09. The fourth-order valence-electron chi connectivity index (χ4n) is 0.791. The maximum Gasteiger partial charge on any atom is 0.178 e. The van der Waals surface area contributed by atoms with E-state index in [2.05, 4.69) is 10.0 Å². The van der Waals surface area contributed by atoms with E-state index in [0.29, 0.717) is 0 Å². The Morgan fingerprint density at radius 2 is 2.29 bits per heavy atom. The molecule has 14 heavy (non-hydrogen) atoms. The van der Waals surface area contributed by atoms with E-state index in [-0.39, 0.29) is 0 Å². The van der Waals surface area contributed by atoms with Gasteiger partial charge in [-0.25, -0.2) is 0 Å². The Kier molecular flexibility index (Phi) is 4.30. The quantitative estimate of drug-likeness (QED) is 0.177. The number of hydrogen-bond donors (Lipinski definition) is 4. The van der Waals surface area contributed by atoms with E-state index in [1.165, 1.54) is 0 Å². The van der Waals surface area contributed by atoms with Crippen molar-refractivity contribution in [2.75, 3.05) is 6.61 Å². The van der Waals surface area contributed by atoms with Gasteiger partial charge in [-0.3, -0.25) is 0 Å². The third-order valence-electron chi connectivity index (χ3n) is 1.58. The van der Waals surface area contributed by atoms with Gasteiger partial charge in [-0.2, -0.15) is 0 Å². The Hall–Kier alpha value is -1.18. The van der Waals surface area contributed by atoms with Crippen LogP contribution in [0.4, 0.5) is 0 Å². The number of aliphatic hydroxyl groups excluding tert-OH is 3. The van der Waals surface area contributed by atoms with E-state index >= 15 is 0 Å². The SMILES string of the molecule is [2H]C(=O)C[C@](O)(N=[N+]=[N-])[C@@H](O)[C@H](O)CO. The first-order valence-corrected chi connectivity index (χ1v) is 3.62. The zero-order chi connectivity index (χ0) is 12.1. The standard InChI is InChI=1S/C6H11N3O5/c7-9-8-6(14,1-2-10)5(13)4(12)3-11/h2,4-5,11-14H,1,3H2/t4-,5+,6-/m1/s1/i2D. The molecule has 0 aliphatic carbocycles. The normalized spacial score (nSPS) is 19.9. The minimum Gasteiger partial charge on any atom is -0.394 e. The molecule has 0 aliphatic rings. The third kappa shape index (κ3) is 2.95. The van der Waals surface area contributed by atoms with E-state index in [1.807, 2.05) is 0 Å². The summed E-state index contributed by atoms with van der Waals surface area (Å²) in [5.41, 5.74) is 5.46. The smallest absolute Gasteiger partial charge is 0.178 e. The van der Waals surface area contributed by atoms with Crippen LogP contribution in [0.5, 0.6) is 0 Å². The lowest BCUT2D eigenvalue weighted by Crippen LogP contribution is -2.49. The van der Waals surface area contributed by atoms with Gasteiger partial charge in [-0.1, -0.05) is 5.11 Å². The number of carbonyl (C=O) groups is 1. The molecule has 8 nitrogen and oxygen atoms in total. The van der Waals surface area contributed by atoms with Crippen molar-refractivity contribution in [3.05, 3.63) is 10.4 Å². The molecule has 0 fully saturated rings. The molecule has 0 amide bonds. The zero-order valence-corrected chi connectivity index (χ0v) is 7.11. The summed E-state index contributed by atoms with van der Waals surface area (Å²) in [5, 5.41) is 38.9. The Labute approximate surface area is 80.4 Å². The van der Waals surface area contributed by atoms with E-state index in [0.717, 1.165) is 0 Å². The summed E-state index contributed by atoms with van der Waals surface area (Å²) in [7, 11) is 0. The number of nitrogens with zero attached hydrogens (tertiary/aromatic N) is 3. The predicted molar refractivity (Wildman–Crippen MR) is 43.9 cm³/mol. The molecule has 0 aromatic carbocycles. The summed E-state index contributed by atoms with van der Waals surface area (Å²) in [6, 6.07) is 0. The number of aliphatic hydroxyl groups is 4. The van der Waals surface area contributed by atoms with Gasteiger partial charge in [0.05, 0.1) is 6.61 Å². The second kappa shape index (κ2) is 5.53. The van der Waals surface area contributed by atoms with Crippen molar-refractivity contribution in [3.8, 4) is 0 Å². The predicted octanol–water partition coefficient (Wildman–Crippen LogP) is -1.71. The van der Waals surface area contributed by atoms with Crippen molar-refractivity contribution in [3.63, 3.8) is 0 Å². The summed E-state index contributed by atoms with van der Waals surface area (Å²) in [5.74, 6) is 0. The average molecular weight is 206 g/mol. The lowest BCUT2D eigenvalue weighted by molar-refractivity contribution is -0.141. The van der Waals surface area contributed by atoms with Crippen LogP contribution in [0.3, 0.4) is 0 Å². The van der Waals surface area contributed by atoms with Gasteiger partial charge in [0.15, 0.2) is 5.72 Å². The van der Waals surface area contributed by atoms with Gasteiger partial charge in [0.2, 0.25) is 0 Å². The summed E-state index contributed by atoms with van der Waals surface area (Å²) in [4.78, 5) is 12.6. The number of hydrogen-bond acceptors (Lipinski definition) is 6. The van der Waals surface area contributed by atoms with Crippen LogP contribution >= 0.6 is 0 Å². The first kappa shape index (κ1) is 10.9. The molecule has 8 heteroatoms. The van der Waals surface area contributed by atoms with E-state index in [1.54, 1.807) is 0 Å². The van der Waals surface area contributed by atoms with Crippen molar-refractivity contribution in [1.29, 1.82) is 0 Å². The summed E-state index contributed by atoms with van der Waals surface area (Å²) >= 11 is 0. The molecule has 0 aromatic heterocycles. The van der Waals surface area contributed by atoms with Crippen LogP contribution in [0, 0.1) is 0 Å². The van der Waals surface area contributed by atoms with Gasteiger partial charge < -0.3 is 25.2 Å². The van der Waals surface area contributed by atoms with Crippen molar-refractivity contribution in [1.82, 2.24) is 0 Å². The van der Waals surface area contributed by atoms with Crippen molar-refractivity contribution in [2.45, 2.75) is 24.4 Å². The van der Waals surface area contributed by atoms with Crippen molar-refractivity contribution < 1.29 is 26.6 Å². The van der Waals surface area contributed by atoms with Gasteiger partial charge in [0.25, 0.3) is 0 Å². The van der Waals surface area contributed by atoms with Crippen LogP contribution < -0.4 is 0 Å². The molecule has 0 saturated carbocycles. The van der Waals surface area contributed by atoms with Gasteiger partial charge in [0.1, 0.15) is 19.8 Å². The summed E-state index contributed by atoms with van der Waals surface area (Å²) < 4.78 is 6.57. The number of rotatable bonds is 6. The molecule has 0 aliphatic heterocycles. The molecule has 0 heterocycles. The minimum absolute atomic E-state index is 0.892. The molecule has 0 spiro atoms. The van der Waals surface area contributed by atoms with Gasteiger partial charge in [0, 0.05) is 11.3 Å². The molecule has 4 N–H and O–H groups in total. The number of azide groups is 1. The highest BCUT2D eigenvalue weighted by Crippen LogP contribution is 2.19. The largest absolute Gasteiger partial charge is 0.394 e. The highest BCUT2D eigenvalue weighted by atomic mass is 16.4. The average Bonchev–Trinajstić information content (AvgIpc) is 2.14. The fourth-order valence-corrected chi connectivity index (χ4v) is 0.791. The van der Waals surface area contributed by atoms with Crippen LogP contribution in [0.15, 0.2) is 5.11 Å². The van der Waals surface area contributed by atoms with E-state index < -0.39 is 37.2 Å². The molecular weight excluding hydrogens is 194 g/mol. The molecule has 0 saturated heterocycles. The molecule has 3 atom stereocenters. The van der Waals surface area contributed by atoms with Crippen LogP contribution in [0.25, 0.3) is 10.4 Å². The highest BCUT2D eigenvalue weighted by Gasteiger charge is 2.38. The minimum atomic E-state index is -2.63. The van der Waals surface area contributed by atoms with Gasteiger partial charge >= 0.3 is 0 Å². The monoisotopic (exact) mass is 206 g/mol. The van der Waals surface area contributed by atoms with Crippen LogP contribution in [-0.2, 0) is 4.79 Å². The molecule has 0 aromatic rings. The summed E-state index contributed by atoms with van der Waals surface area (Å²) in [6.45, 7) is -0.892. The van der Waals surface area contributed by atoms with Gasteiger partial charge in [-0.05, 0) is 5.53 Å². The fraction of sp³-hybridized carbons (Fsp3) is 0.833. The van der Waals surface area contributed by atoms with Crippen molar-refractivity contribution >= 4 is 6.26 Å². The maximum absolute atomic E-state index is 10.4. The topological polar surface area (TPSA) is 147 Å². The lowest BCUT2D eigenvalue weighted by Gasteiger charge is -2.28. The molecular formula is C6H11N3O5. The highest BCUT2D eigenvalue weighted by molar-refractivity contribution is 5.51. The van der Waals surface area contributed by atoms with E-state index in [4.69, 9.17) is 17.1 Å². The number of carbonyl (C=O) groups excluding carboxylic acids is 1. The Bertz CT molecular complexity index is 282. The molecule has 80 valence electrons. The molecule has 0 bridgehead atoms. The molecule has 0 rings (SSSR count). The zero-order valence-electron chi connectivity index (χ0n) is 8.11. The Morgan fingerprint density at radius 3 is 2.64 bits per heavy atom. The van der Waals surface area contributed by atoms with Crippen LogP contribution in [0.1, 0.15) is 7.79 Å². The maximum atomic E-state index is 10.4. The second-order valence-corrected chi connectivity index (χ2v) is 2.58. The van der Waals surface area contributed by atoms with E-state index in [9.17, 15) is 15.0 Å². The third-order valence-corrected chi connectivity index (χ3v) is 1.58. The first-order valence-electron chi connectivity index (χ1n) is 4.12. The Morgan fingerprint density at radius 1 is 1.71 bits per heavy atom. The van der Waals surface area contributed by atoms with Gasteiger partial charge in [-0.15, -0.1) is 0 Å². The van der Waals surface area contributed by atoms with Crippen LogP contribution in [0.2, 0.25) is 0 Å². The van der Waals surface area contributed by atoms with Crippen LogP contribution in [-0.4, -0.2) is 51.2 Å². The first-order chi connectivity index (χ1) is 6.87. The van der Waals surface area contributed by atoms with Crippen molar-refractivity contribution in [2.24, 2.45) is 5.11 Å². The number of aldehydes is 1. The second-order valence-electron chi connectivity index (χ2n) is 2.58.